The first kappa shape index (κ1) is 20.6. The Hall–Kier alpha value is -3.30. The summed E-state index contributed by atoms with van der Waals surface area (Å²) in [4.78, 5) is 39.0. The van der Waals surface area contributed by atoms with Crippen molar-refractivity contribution in [2.45, 2.75) is 6.54 Å². The van der Waals surface area contributed by atoms with Gasteiger partial charge in [0.05, 0.1) is 17.2 Å². The lowest BCUT2D eigenvalue weighted by Gasteiger charge is -2.18. The summed E-state index contributed by atoms with van der Waals surface area (Å²) in [5, 5.41) is 2.66. The first-order chi connectivity index (χ1) is 15.6. The molecule has 0 bridgehead atoms. The Kier molecular flexibility index (Phi) is 5.59. The second-order valence-electron chi connectivity index (χ2n) is 7.21. The van der Waals surface area contributed by atoms with Gasteiger partial charge in [0.25, 0.3) is 11.1 Å². The monoisotopic (exact) mass is 466 g/mol. The number of thiophene rings is 1. The molecule has 162 valence electrons. The number of hydrogen-bond donors (Lipinski definition) is 1. The van der Waals surface area contributed by atoms with Gasteiger partial charge in [-0.3, -0.25) is 19.3 Å². The lowest BCUT2D eigenvalue weighted by molar-refractivity contribution is -0.125. The minimum absolute atomic E-state index is 0.177. The zero-order chi connectivity index (χ0) is 22.1. The molecule has 2 aromatic carbocycles. The molecule has 1 aromatic heterocycles. The molecule has 32 heavy (non-hydrogen) atoms. The lowest BCUT2D eigenvalue weighted by Crippen LogP contribution is -2.27. The van der Waals surface area contributed by atoms with Gasteiger partial charge in [0.2, 0.25) is 5.91 Å². The van der Waals surface area contributed by atoms with E-state index in [1.165, 1.54) is 16.2 Å². The number of thioether (sulfide) groups is 1. The van der Waals surface area contributed by atoms with Gasteiger partial charge in [-0.15, -0.1) is 11.3 Å². The molecule has 7 nitrogen and oxygen atoms in total. The Labute approximate surface area is 192 Å². The van der Waals surface area contributed by atoms with Gasteiger partial charge >= 0.3 is 0 Å². The van der Waals surface area contributed by atoms with E-state index in [9.17, 15) is 14.4 Å². The zero-order valence-corrected chi connectivity index (χ0v) is 18.5. The van der Waals surface area contributed by atoms with Crippen LogP contribution in [0.15, 0.2) is 54.6 Å². The minimum Gasteiger partial charge on any atom is -0.486 e. The molecule has 0 saturated carbocycles. The van der Waals surface area contributed by atoms with E-state index >= 15 is 0 Å². The van der Waals surface area contributed by atoms with Crippen molar-refractivity contribution in [2.24, 2.45) is 0 Å². The smallest absolute Gasteiger partial charge is 0.289 e. The van der Waals surface area contributed by atoms with E-state index in [1.54, 1.807) is 30.3 Å². The van der Waals surface area contributed by atoms with Crippen molar-refractivity contribution in [2.75, 3.05) is 24.3 Å². The molecule has 9 heteroatoms. The number of fused-ring (bicyclic) bond motifs is 1. The maximum atomic E-state index is 12.7. The normalized spacial score (nSPS) is 15.2. The fraction of sp³-hybridized carbons (Fsp3) is 0.174. The number of imide groups is 1. The number of hydrogen-bond acceptors (Lipinski definition) is 7. The Morgan fingerprint density at radius 2 is 1.75 bits per heavy atom. The Morgan fingerprint density at radius 3 is 2.50 bits per heavy atom. The van der Waals surface area contributed by atoms with E-state index < -0.39 is 0 Å². The molecule has 3 aromatic rings. The van der Waals surface area contributed by atoms with E-state index in [0.29, 0.717) is 29.5 Å². The van der Waals surface area contributed by atoms with Crippen LogP contribution in [-0.2, 0) is 11.3 Å². The third kappa shape index (κ3) is 4.21. The number of amides is 3. The van der Waals surface area contributed by atoms with Crippen LogP contribution in [0.2, 0.25) is 0 Å². The Balaban J connectivity index is 1.24. The average Bonchev–Trinajstić information content (AvgIpc) is 3.43. The number of benzene rings is 2. The van der Waals surface area contributed by atoms with E-state index in [4.69, 9.17) is 9.47 Å². The number of rotatable bonds is 5. The number of carbonyl (C=O) groups is 3. The van der Waals surface area contributed by atoms with Crippen molar-refractivity contribution < 1.29 is 23.9 Å². The molecule has 5 rings (SSSR count). The van der Waals surface area contributed by atoms with Crippen molar-refractivity contribution in [1.82, 2.24) is 4.90 Å². The number of carbonyl (C=O) groups excluding carboxylic acids is 3. The molecule has 1 saturated heterocycles. The van der Waals surface area contributed by atoms with Crippen LogP contribution in [-0.4, -0.2) is 40.9 Å². The predicted molar refractivity (Wildman–Crippen MR) is 124 cm³/mol. The van der Waals surface area contributed by atoms with Crippen LogP contribution >= 0.6 is 23.1 Å². The largest absolute Gasteiger partial charge is 0.486 e. The fourth-order valence-electron chi connectivity index (χ4n) is 3.41. The van der Waals surface area contributed by atoms with E-state index in [0.717, 1.165) is 33.5 Å². The highest BCUT2D eigenvalue weighted by atomic mass is 32.2. The molecule has 0 aliphatic carbocycles. The maximum absolute atomic E-state index is 12.7. The van der Waals surface area contributed by atoms with Crippen LogP contribution < -0.4 is 14.8 Å². The van der Waals surface area contributed by atoms with Crippen LogP contribution in [0.4, 0.5) is 10.5 Å². The Bertz CT molecular complexity index is 1190. The Morgan fingerprint density at radius 1 is 0.969 bits per heavy atom. The first-order valence-corrected chi connectivity index (χ1v) is 11.7. The number of nitrogens with one attached hydrogen (secondary N) is 1. The molecule has 2 aliphatic heterocycles. The summed E-state index contributed by atoms with van der Waals surface area (Å²) in [7, 11) is 0. The van der Waals surface area contributed by atoms with Gasteiger partial charge in [0, 0.05) is 10.6 Å². The quantitative estimate of drug-likeness (QED) is 0.590. The molecule has 3 heterocycles. The van der Waals surface area contributed by atoms with Crippen molar-refractivity contribution in [3.8, 4) is 21.9 Å². The highest BCUT2D eigenvalue weighted by Gasteiger charge is 2.29. The number of nitrogens with zero attached hydrogens (tertiary/aromatic N) is 1. The van der Waals surface area contributed by atoms with Gasteiger partial charge in [-0.1, -0.05) is 23.9 Å². The molecular weight excluding hydrogens is 448 g/mol. The molecule has 0 unspecified atom stereocenters. The highest BCUT2D eigenvalue weighted by molar-refractivity contribution is 8.14. The second-order valence-corrected chi connectivity index (χ2v) is 9.22. The molecular formula is C23H18N2O5S2. The van der Waals surface area contributed by atoms with E-state index in [-0.39, 0.29) is 29.4 Å². The summed E-state index contributed by atoms with van der Waals surface area (Å²) >= 11 is 2.41. The van der Waals surface area contributed by atoms with Crippen molar-refractivity contribution >= 4 is 45.8 Å². The summed E-state index contributed by atoms with van der Waals surface area (Å²) in [5.41, 5.74) is 2.43. The van der Waals surface area contributed by atoms with E-state index in [1.807, 2.05) is 24.3 Å². The van der Waals surface area contributed by atoms with Crippen molar-refractivity contribution in [3.05, 3.63) is 65.0 Å². The molecule has 3 amide bonds. The fourth-order valence-corrected chi connectivity index (χ4v) is 5.04. The zero-order valence-electron chi connectivity index (χ0n) is 16.8. The summed E-state index contributed by atoms with van der Waals surface area (Å²) in [5.74, 6) is 1.26. The van der Waals surface area contributed by atoms with Crippen molar-refractivity contribution in [1.29, 1.82) is 0 Å². The third-order valence-electron chi connectivity index (χ3n) is 5.05. The van der Waals surface area contributed by atoms with Gasteiger partial charge in [-0.25, -0.2) is 0 Å². The summed E-state index contributed by atoms with van der Waals surface area (Å²) in [6, 6.07) is 16.6. The molecule has 1 N–H and O–H groups in total. The molecule has 0 spiro atoms. The predicted octanol–water partition coefficient (Wildman–Crippen LogP) is 4.63. The minimum atomic E-state index is -0.223. The van der Waals surface area contributed by atoms with Gasteiger partial charge in [-0.2, -0.15) is 0 Å². The van der Waals surface area contributed by atoms with Crippen LogP contribution in [0.3, 0.4) is 0 Å². The van der Waals surface area contributed by atoms with Crippen LogP contribution in [0.25, 0.3) is 10.4 Å². The van der Waals surface area contributed by atoms with Gasteiger partial charge in [0.15, 0.2) is 11.5 Å². The first-order valence-electron chi connectivity index (χ1n) is 9.94. The van der Waals surface area contributed by atoms with Gasteiger partial charge in [0.1, 0.15) is 13.2 Å². The van der Waals surface area contributed by atoms with E-state index in [2.05, 4.69) is 5.32 Å². The SMILES string of the molecule is O=C(Nc1ccc(CN2C(=O)CSC2=O)cc1)c1ccc(-c2ccc3c(c2)OCCO3)s1. The molecule has 0 atom stereocenters. The maximum Gasteiger partial charge on any atom is 0.289 e. The molecule has 2 aliphatic rings. The van der Waals surface area contributed by atoms with Crippen LogP contribution in [0.5, 0.6) is 11.5 Å². The number of anilines is 1. The topological polar surface area (TPSA) is 84.9 Å². The molecule has 1 fully saturated rings. The van der Waals surface area contributed by atoms with Gasteiger partial charge < -0.3 is 14.8 Å². The highest BCUT2D eigenvalue weighted by Crippen LogP contribution is 2.37. The second kappa shape index (κ2) is 8.68. The third-order valence-corrected chi connectivity index (χ3v) is 7.04. The van der Waals surface area contributed by atoms with Gasteiger partial charge in [-0.05, 0) is 53.6 Å². The summed E-state index contributed by atoms with van der Waals surface area (Å²) in [6.07, 6.45) is 0. The average molecular weight is 467 g/mol. The summed E-state index contributed by atoms with van der Waals surface area (Å²) < 4.78 is 11.2. The lowest BCUT2D eigenvalue weighted by atomic mass is 10.1. The standard InChI is InChI=1S/C23H18N2O5S2/c26-21-13-31-23(28)25(21)12-14-1-4-16(5-2-14)24-22(27)20-8-7-19(32-20)15-3-6-17-18(11-15)30-10-9-29-17/h1-8,11H,9-10,12-13H2,(H,24,27). The number of ether oxygens (including phenoxy) is 2. The summed E-state index contributed by atoms with van der Waals surface area (Å²) in [6.45, 7) is 1.31. The van der Waals surface area contributed by atoms with Crippen molar-refractivity contribution in [3.63, 3.8) is 0 Å². The van der Waals surface area contributed by atoms with Crippen LogP contribution in [0.1, 0.15) is 15.2 Å². The van der Waals surface area contributed by atoms with Crippen LogP contribution in [0, 0.1) is 0 Å². The molecule has 0 radical (unpaired) electrons.